The van der Waals surface area contributed by atoms with Gasteiger partial charge in [0, 0.05) is 18.9 Å². The first-order valence-electron chi connectivity index (χ1n) is 7.62. The number of hydrogen-bond donors (Lipinski definition) is 0. The summed E-state index contributed by atoms with van der Waals surface area (Å²) in [5, 5.41) is 3.78. The van der Waals surface area contributed by atoms with Gasteiger partial charge in [-0.1, -0.05) is 35.4 Å². The molecule has 1 saturated heterocycles. The molecule has 130 valence electrons. The Morgan fingerprint density at radius 2 is 2.04 bits per heavy atom. The smallest absolute Gasteiger partial charge is 0.305 e. The van der Waals surface area contributed by atoms with Gasteiger partial charge in [-0.25, -0.2) is 0 Å². The lowest BCUT2D eigenvalue weighted by atomic mass is 9.97. The fourth-order valence-electron chi connectivity index (χ4n) is 2.67. The Morgan fingerprint density at radius 3 is 2.62 bits per heavy atom. The second-order valence-corrected chi connectivity index (χ2v) is 5.48. The fraction of sp³-hybridized carbons (Fsp3) is 0.562. The van der Waals surface area contributed by atoms with Gasteiger partial charge in [-0.15, -0.1) is 0 Å². The van der Waals surface area contributed by atoms with Crippen molar-refractivity contribution in [3.05, 3.63) is 46.3 Å². The standard InChI is InChI=1S/C16H21N3O5/c1-10-13(18-19-17)14(22-9-12-7-5-4-6-8-12)15(21-3)16(23-10)24-11(2)20/h4-8,10,13-16H,9H2,1-3H3/t10-,13-,14+,15-,16-/m1/s1. The molecule has 0 amide bonds. The van der Waals surface area contributed by atoms with Crippen LogP contribution in [0.1, 0.15) is 19.4 Å². The molecule has 0 radical (unpaired) electrons. The Bertz CT molecular complexity index is 591. The average Bonchev–Trinajstić information content (AvgIpc) is 2.56. The van der Waals surface area contributed by atoms with Crippen LogP contribution in [-0.4, -0.2) is 43.7 Å². The Morgan fingerprint density at radius 1 is 1.33 bits per heavy atom. The summed E-state index contributed by atoms with van der Waals surface area (Å²) in [4.78, 5) is 14.2. The van der Waals surface area contributed by atoms with Crippen LogP contribution in [0.15, 0.2) is 35.4 Å². The number of nitrogens with zero attached hydrogens (tertiary/aromatic N) is 3. The van der Waals surface area contributed by atoms with Crippen molar-refractivity contribution in [3.8, 4) is 0 Å². The Balaban J connectivity index is 2.20. The van der Waals surface area contributed by atoms with E-state index in [-0.39, 0.29) is 0 Å². The minimum Gasteiger partial charge on any atom is -0.433 e. The Kier molecular flexibility index (Phi) is 6.57. The van der Waals surface area contributed by atoms with E-state index in [1.165, 1.54) is 14.0 Å². The van der Waals surface area contributed by atoms with E-state index in [1.807, 2.05) is 30.3 Å². The third-order valence-corrected chi connectivity index (χ3v) is 3.78. The lowest BCUT2D eigenvalue weighted by Gasteiger charge is -2.42. The fourth-order valence-corrected chi connectivity index (χ4v) is 2.67. The SMILES string of the molecule is CO[C@H]1[C@@H](OC(C)=O)O[C@H](C)[C@@H](N=[N+]=[N-])[C@@H]1OCc1ccccc1. The van der Waals surface area contributed by atoms with Gasteiger partial charge < -0.3 is 18.9 Å². The van der Waals surface area contributed by atoms with E-state index in [2.05, 4.69) is 10.0 Å². The van der Waals surface area contributed by atoms with Crippen LogP contribution in [0.3, 0.4) is 0 Å². The van der Waals surface area contributed by atoms with E-state index in [9.17, 15) is 4.79 Å². The van der Waals surface area contributed by atoms with Crippen molar-refractivity contribution in [1.82, 2.24) is 0 Å². The minimum absolute atomic E-state index is 0.308. The van der Waals surface area contributed by atoms with Gasteiger partial charge in [0.15, 0.2) is 0 Å². The van der Waals surface area contributed by atoms with Crippen molar-refractivity contribution in [1.29, 1.82) is 0 Å². The molecule has 1 heterocycles. The van der Waals surface area contributed by atoms with E-state index < -0.39 is 36.6 Å². The summed E-state index contributed by atoms with van der Waals surface area (Å²) in [6, 6.07) is 8.98. The molecule has 0 aromatic heterocycles. The predicted octanol–water partition coefficient (Wildman–Crippen LogP) is 2.57. The maximum absolute atomic E-state index is 11.3. The summed E-state index contributed by atoms with van der Waals surface area (Å²) < 4.78 is 22.2. The topological polar surface area (TPSA) is 103 Å². The highest BCUT2D eigenvalue weighted by Gasteiger charge is 2.46. The van der Waals surface area contributed by atoms with Crippen molar-refractivity contribution in [2.24, 2.45) is 5.11 Å². The molecule has 0 aliphatic carbocycles. The zero-order valence-electron chi connectivity index (χ0n) is 13.9. The van der Waals surface area contributed by atoms with Crippen LogP contribution >= 0.6 is 0 Å². The number of azide groups is 1. The molecule has 8 nitrogen and oxygen atoms in total. The number of methoxy groups -OCH3 is 1. The number of carbonyl (C=O) groups is 1. The van der Waals surface area contributed by atoms with Crippen LogP contribution < -0.4 is 0 Å². The van der Waals surface area contributed by atoms with E-state index in [0.29, 0.717) is 6.61 Å². The lowest BCUT2D eigenvalue weighted by molar-refractivity contribution is -0.273. The van der Waals surface area contributed by atoms with E-state index >= 15 is 0 Å². The number of benzene rings is 1. The lowest BCUT2D eigenvalue weighted by Crippen LogP contribution is -2.58. The summed E-state index contributed by atoms with van der Waals surface area (Å²) in [5.41, 5.74) is 9.80. The summed E-state index contributed by atoms with van der Waals surface area (Å²) in [6.07, 6.45) is -2.73. The molecule has 24 heavy (non-hydrogen) atoms. The first-order chi connectivity index (χ1) is 11.6. The van der Waals surface area contributed by atoms with Gasteiger partial charge in [-0.2, -0.15) is 0 Å². The van der Waals surface area contributed by atoms with E-state index in [0.717, 1.165) is 5.56 Å². The van der Waals surface area contributed by atoms with Crippen LogP contribution in [0.5, 0.6) is 0 Å². The monoisotopic (exact) mass is 335 g/mol. The molecular formula is C16H21N3O5. The quantitative estimate of drug-likeness (QED) is 0.344. The zero-order chi connectivity index (χ0) is 17.5. The van der Waals surface area contributed by atoms with Crippen LogP contribution in [0.25, 0.3) is 10.4 Å². The van der Waals surface area contributed by atoms with Crippen LogP contribution in [0.2, 0.25) is 0 Å². The molecule has 0 saturated carbocycles. The normalized spacial score (nSPS) is 29.5. The molecule has 0 N–H and O–H groups in total. The van der Waals surface area contributed by atoms with Crippen LogP contribution in [-0.2, 0) is 30.3 Å². The highest BCUT2D eigenvalue weighted by atomic mass is 16.7. The molecule has 0 unspecified atom stereocenters. The summed E-state index contributed by atoms with van der Waals surface area (Å²) in [5.74, 6) is -0.488. The van der Waals surface area contributed by atoms with E-state index in [4.69, 9.17) is 24.5 Å². The number of hydrogen-bond acceptors (Lipinski definition) is 6. The highest BCUT2D eigenvalue weighted by Crippen LogP contribution is 2.29. The third-order valence-electron chi connectivity index (χ3n) is 3.78. The van der Waals surface area contributed by atoms with Crippen molar-refractivity contribution in [2.75, 3.05) is 7.11 Å². The van der Waals surface area contributed by atoms with Crippen LogP contribution in [0, 0.1) is 0 Å². The van der Waals surface area contributed by atoms with Gasteiger partial charge in [0.25, 0.3) is 0 Å². The van der Waals surface area contributed by atoms with Crippen molar-refractivity contribution >= 4 is 5.97 Å². The molecule has 5 atom stereocenters. The summed E-state index contributed by atoms with van der Waals surface area (Å²) in [7, 11) is 1.46. The first-order valence-corrected chi connectivity index (χ1v) is 7.62. The molecule has 0 bridgehead atoms. The Labute approximate surface area is 140 Å². The largest absolute Gasteiger partial charge is 0.433 e. The molecule has 1 aromatic rings. The Hall–Kier alpha value is -2.12. The molecular weight excluding hydrogens is 314 g/mol. The van der Waals surface area contributed by atoms with Gasteiger partial charge in [0.2, 0.25) is 6.29 Å². The first kappa shape index (κ1) is 18.2. The van der Waals surface area contributed by atoms with Crippen molar-refractivity contribution < 1.29 is 23.7 Å². The second kappa shape index (κ2) is 8.65. The number of esters is 1. The molecule has 1 aliphatic heterocycles. The molecule has 0 spiro atoms. The van der Waals surface area contributed by atoms with Crippen molar-refractivity contribution in [3.63, 3.8) is 0 Å². The van der Waals surface area contributed by atoms with Gasteiger partial charge in [0.1, 0.15) is 12.2 Å². The van der Waals surface area contributed by atoms with E-state index in [1.54, 1.807) is 6.92 Å². The molecule has 2 rings (SSSR count). The third kappa shape index (κ3) is 4.46. The predicted molar refractivity (Wildman–Crippen MR) is 84.9 cm³/mol. The number of carbonyl (C=O) groups excluding carboxylic acids is 1. The second-order valence-electron chi connectivity index (χ2n) is 5.48. The molecule has 8 heteroatoms. The minimum atomic E-state index is -0.923. The molecule has 1 aliphatic rings. The number of ether oxygens (including phenoxy) is 4. The number of rotatable bonds is 6. The maximum Gasteiger partial charge on any atom is 0.305 e. The van der Waals surface area contributed by atoms with Gasteiger partial charge in [-0.3, -0.25) is 4.79 Å². The van der Waals surface area contributed by atoms with Gasteiger partial charge >= 0.3 is 5.97 Å². The zero-order valence-corrected chi connectivity index (χ0v) is 13.9. The molecule has 1 aromatic carbocycles. The highest BCUT2D eigenvalue weighted by molar-refractivity contribution is 5.66. The van der Waals surface area contributed by atoms with Crippen LogP contribution in [0.4, 0.5) is 0 Å². The summed E-state index contributed by atoms with van der Waals surface area (Å²) in [6.45, 7) is 3.34. The van der Waals surface area contributed by atoms with Gasteiger partial charge in [-0.05, 0) is 18.0 Å². The van der Waals surface area contributed by atoms with Crippen molar-refractivity contribution in [2.45, 2.75) is 51.1 Å². The van der Waals surface area contributed by atoms with Gasteiger partial charge in [0.05, 0.1) is 18.8 Å². The summed E-state index contributed by atoms with van der Waals surface area (Å²) >= 11 is 0. The molecule has 1 fully saturated rings. The maximum atomic E-state index is 11.3. The average molecular weight is 335 g/mol.